The first-order valence-electron chi connectivity index (χ1n) is 18.7. The van der Waals surface area contributed by atoms with Gasteiger partial charge in [0.05, 0.1) is 22.4 Å². The minimum atomic E-state index is 0.842. The summed E-state index contributed by atoms with van der Waals surface area (Å²) in [5.74, 6) is 0. The minimum absolute atomic E-state index is 0.842. The predicted molar refractivity (Wildman–Crippen MR) is 231 cm³/mol. The van der Waals surface area contributed by atoms with Crippen molar-refractivity contribution in [2.75, 3.05) is 4.90 Å². The second-order valence-electron chi connectivity index (χ2n) is 13.8. The Bertz CT molecular complexity index is 2920. The van der Waals surface area contributed by atoms with Gasteiger partial charge in [0.2, 0.25) is 0 Å². The fourth-order valence-electron chi connectivity index (χ4n) is 7.68. The quantitative estimate of drug-likeness (QED) is 0.166. The molecule has 0 bridgehead atoms. The van der Waals surface area contributed by atoms with Crippen molar-refractivity contribution in [2.45, 2.75) is 0 Å². The van der Waals surface area contributed by atoms with Gasteiger partial charge in [0.1, 0.15) is 0 Å². The van der Waals surface area contributed by atoms with E-state index in [-0.39, 0.29) is 0 Å². The van der Waals surface area contributed by atoms with Gasteiger partial charge in [0.25, 0.3) is 0 Å². The van der Waals surface area contributed by atoms with Crippen molar-refractivity contribution >= 4 is 49.6 Å². The molecule has 0 atom stereocenters. The summed E-state index contributed by atoms with van der Waals surface area (Å²) in [4.78, 5) is 13.5. The molecule has 55 heavy (non-hydrogen) atoms. The lowest BCUT2D eigenvalue weighted by Gasteiger charge is -2.25. The molecule has 0 amide bonds. The second-order valence-corrected chi connectivity index (χ2v) is 13.8. The van der Waals surface area contributed by atoms with Crippen molar-refractivity contribution in [1.29, 1.82) is 0 Å². The van der Waals surface area contributed by atoms with Crippen LogP contribution in [0.5, 0.6) is 0 Å². The van der Waals surface area contributed by atoms with Crippen molar-refractivity contribution in [3.63, 3.8) is 0 Å². The third-order valence-electron chi connectivity index (χ3n) is 10.4. The standard InChI is InChI=1S/C52H35N3/c1-4-16-38(17-5-1)49-50(39-28-30-46(31-29-39)55(44-20-6-2-7-21-44)45-22-8-3-9-23-45)54-52-48(43-27-25-37-15-11-13-19-41(37)35-43)33-32-47(51(52)53-49)42-26-24-36-14-10-12-18-40(36)34-42/h1-35H. The average molecular weight is 702 g/mol. The zero-order valence-electron chi connectivity index (χ0n) is 30.0. The zero-order chi connectivity index (χ0) is 36.6. The van der Waals surface area contributed by atoms with Crippen LogP contribution in [0.1, 0.15) is 0 Å². The van der Waals surface area contributed by atoms with E-state index in [0.717, 1.165) is 72.9 Å². The molecule has 0 radical (unpaired) electrons. The Morgan fingerprint density at radius 1 is 0.273 bits per heavy atom. The molecule has 0 aliphatic heterocycles. The van der Waals surface area contributed by atoms with E-state index in [4.69, 9.17) is 9.97 Å². The molecule has 10 aromatic rings. The fourth-order valence-corrected chi connectivity index (χ4v) is 7.68. The van der Waals surface area contributed by atoms with Gasteiger partial charge in [0, 0.05) is 39.3 Å². The van der Waals surface area contributed by atoms with Gasteiger partial charge in [-0.2, -0.15) is 0 Å². The first kappa shape index (κ1) is 32.3. The van der Waals surface area contributed by atoms with Crippen molar-refractivity contribution in [2.24, 2.45) is 0 Å². The van der Waals surface area contributed by atoms with E-state index >= 15 is 0 Å². The SMILES string of the molecule is c1ccc(-c2nc3c(-c4ccc5ccccc5c4)ccc(-c4ccc5ccccc5c4)c3nc2-c2ccc(N(c3ccccc3)c3ccccc3)cc2)cc1. The van der Waals surface area contributed by atoms with Crippen LogP contribution in [-0.4, -0.2) is 9.97 Å². The summed E-state index contributed by atoms with van der Waals surface area (Å²) in [6.07, 6.45) is 0. The largest absolute Gasteiger partial charge is 0.311 e. The van der Waals surface area contributed by atoms with Crippen LogP contribution >= 0.6 is 0 Å². The second kappa shape index (κ2) is 13.9. The van der Waals surface area contributed by atoms with Gasteiger partial charge in [-0.3, -0.25) is 0 Å². The monoisotopic (exact) mass is 701 g/mol. The Balaban J connectivity index is 1.20. The maximum absolute atomic E-state index is 5.64. The number of hydrogen-bond donors (Lipinski definition) is 0. The van der Waals surface area contributed by atoms with Crippen LogP contribution in [0.25, 0.3) is 77.3 Å². The lowest BCUT2D eigenvalue weighted by molar-refractivity contribution is 1.27. The smallest absolute Gasteiger partial charge is 0.0979 e. The van der Waals surface area contributed by atoms with Crippen molar-refractivity contribution in [1.82, 2.24) is 9.97 Å². The van der Waals surface area contributed by atoms with Gasteiger partial charge in [0.15, 0.2) is 0 Å². The molecule has 9 aromatic carbocycles. The number of fused-ring (bicyclic) bond motifs is 3. The molecule has 0 spiro atoms. The molecule has 0 fully saturated rings. The molecule has 0 unspecified atom stereocenters. The Morgan fingerprint density at radius 2 is 0.636 bits per heavy atom. The molecule has 258 valence electrons. The first-order chi connectivity index (χ1) is 27.3. The van der Waals surface area contributed by atoms with E-state index in [1.54, 1.807) is 0 Å². The lowest BCUT2D eigenvalue weighted by atomic mass is 9.94. The van der Waals surface area contributed by atoms with E-state index in [9.17, 15) is 0 Å². The number of anilines is 3. The highest BCUT2D eigenvalue weighted by Gasteiger charge is 2.20. The molecule has 1 heterocycles. The van der Waals surface area contributed by atoms with E-state index in [1.165, 1.54) is 21.5 Å². The summed E-state index contributed by atoms with van der Waals surface area (Å²) >= 11 is 0. The highest BCUT2D eigenvalue weighted by atomic mass is 15.1. The van der Waals surface area contributed by atoms with E-state index in [0.29, 0.717) is 0 Å². The summed E-state index contributed by atoms with van der Waals surface area (Å²) in [7, 11) is 0. The zero-order valence-corrected chi connectivity index (χ0v) is 30.0. The van der Waals surface area contributed by atoms with Crippen LogP contribution in [0.3, 0.4) is 0 Å². The molecule has 0 N–H and O–H groups in total. The van der Waals surface area contributed by atoms with E-state index in [2.05, 4.69) is 211 Å². The Kier molecular flexibility index (Phi) is 8.16. The third-order valence-corrected chi connectivity index (χ3v) is 10.4. The van der Waals surface area contributed by atoms with Crippen LogP contribution in [0, 0.1) is 0 Å². The maximum atomic E-state index is 5.64. The Labute approximate surface area is 320 Å². The molecule has 3 nitrogen and oxygen atoms in total. The number of hydrogen-bond acceptors (Lipinski definition) is 3. The van der Waals surface area contributed by atoms with Crippen LogP contribution in [-0.2, 0) is 0 Å². The number of aromatic nitrogens is 2. The molecule has 0 aliphatic rings. The summed E-state index contributed by atoms with van der Waals surface area (Å²) in [6, 6.07) is 75.0. The summed E-state index contributed by atoms with van der Waals surface area (Å²) < 4.78 is 0. The highest BCUT2D eigenvalue weighted by Crippen LogP contribution is 2.41. The van der Waals surface area contributed by atoms with Gasteiger partial charge >= 0.3 is 0 Å². The summed E-state index contributed by atoms with van der Waals surface area (Å²) in [5, 5.41) is 4.81. The molecule has 3 heteroatoms. The minimum Gasteiger partial charge on any atom is -0.311 e. The molecule has 10 rings (SSSR count). The Morgan fingerprint density at radius 3 is 1.11 bits per heavy atom. The summed E-state index contributed by atoms with van der Waals surface area (Å²) in [5.41, 5.74) is 13.0. The van der Waals surface area contributed by atoms with Crippen LogP contribution in [0.15, 0.2) is 212 Å². The van der Waals surface area contributed by atoms with Gasteiger partial charge in [-0.1, -0.05) is 164 Å². The fraction of sp³-hybridized carbons (Fsp3) is 0. The normalized spacial score (nSPS) is 11.3. The van der Waals surface area contributed by atoms with Crippen molar-refractivity contribution in [3.8, 4) is 44.8 Å². The number of benzene rings is 9. The molecular weight excluding hydrogens is 667 g/mol. The van der Waals surface area contributed by atoms with Gasteiger partial charge in [-0.25, -0.2) is 9.97 Å². The topological polar surface area (TPSA) is 29.0 Å². The first-order valence-corrected chi connectivity index (χ1v) is 18.7. The van der Waals surface area contributed by atoms with Gasteiger partial charge in [-0.05, 0) is 81.2 Å². The molecule has 0 aliphatic carbocycles. The number of rotatable bonds is 7. The molecule has 1 aromatic heterocycles. The number of para-hydroxylation sites is 2. The Hall–Kier alpha value is -7.36. The highest BCUT2D eigenvalue weighted by molar-refractivity contribution is 6.05. The van der Waals surface area contributed by atoms with Crippen LogP contribution in [0.4, 0.5) is 17.1 Å². The van der Waals surface area contributed by atoms with Crippen molar-refractivity contribution < 1.29 is 0 Å². The lowest BCUT2D eigenvalue weighted by Crippen LogP contribution is -2.09. The van der Waals surface area contributed by atoms with Gasteiger partial charge in [-0.15, -0.1) is 0 Å². The molecule has 0 saturated heterocycles. The predicted octanol–water partition coefficient (Wildman–Crippen LogP) is 14.1. The van der Waals surface area contributed by atoms with Crippen molar-refractivity contribution in [3.05, 3.63) is 212 Å². The van der Waals surface area contributed by atoms with Gasteiger partial charge < -0.3 is 4.90 Å². The third kappa shape index (κ3) is 6.08. The molecular formula is C52H35N3. The number of nitrogens with zero attached hydrogens (tertiary/aromatic N) is 3. The summed E-state index contributed by atoms with van der Waals surface area (Å²) in [6.45, 7) is 0. The average Bonchev–Trinajstić information content (AvgIpc) is 3.26. The van der Waals surface area contributed by atoms with E-state index in [1.807, 2.05) is 6.07 Å². The van der Waals surface area contributed by atoms with E-state index < -0.39 is 0 Å². The van der Waals surface area contributed by atoms with Crippen LogP contribution < -0.4 is 4.90 Å². The molecule has 0 saturated carbocycles. The maximum Gasteiger partial charge on any atom is 0.0979 e. The van der Waals surface area contributed by atoms with Crippen LogP contribution in [0.2, 0.25) is 0 Å².